The molecular weight excluding hydrogens is 210 g/mol. The zero-order valence-electron chi connectivity index (χ0n) is 10.7. The Labute approximate surface area is 104 Å². The van der Waals surface area contributed by atoms with Crippen LogP contribution in [0, 0.1) is 0 Å². The fraction of sp³-hybridized carbons (Fsp3) is 0.643. The SMILES string of the molecule is Cn1ccnc1CCC(N)CC1=CCCCC1. The standard InChI is InChI=1S/C14H23N3/c1-17-10-9-16-14(17)8-7-13(15)11-12-5-3-2-4-6-12/h5,9-10,13H,2-4,6-8,11,15H2,1H3. The van der Waals surface area contributed by atoms with Crippen LogP contribution >= 0.6 is 0 Å². The van der Waals surface area contributed by atoms with E-state index in [1.807, 2.05) is 19.4 Å². The fourth-order valence-corrected chi connectivity index (χ4v) is 2.48. The third kappa shape index (κ3) is 3.70. The summed E-state index contributed by atoms with van der Waals surface area (Å²) in [5.74, 6) is 1.14. The predicted molar refractivity (Wildman–Crippen MR) is 70.7 cm³/mol. The molecule has 3 heteroatoms. The Morgan fingerprint density at radius 2 is 2.35 bits per heavy atom. The van der Waals surface area contributed by atoms with E-state index in [1.165, 1.54) is 25.7 Å². The second kappa shape index (κ2) is 6.01. The summed E-state index contributed by atoms with van der Waals surface area (Å²) in [6.07, 6.45) is 14.5. The smallest absolute Gasteiger partial charge is 0.108 e. The van der Waals surface area contributed by atoms with Gasteiger partial charge in [0.1, 0.15) is 5.82 Å². The molecule has 3 nitrogen and oxygen atoms in total. The molecule has 94 valence electrons. The molecule has 0 saturated carbocycles. The lowest BCUT2D eigenvalue weighted by molar-refractivity contribution is 0.562. The first-order valence-corrected chi connectivity index (χ1v) is 6.65. The molecule has 1 unspecified atom stereocenters. The van der Waals surface area contributed by atoms with E-state index in [2.05, 4.69) is 15.6 Å². The van der Waals surface area contributed by atoms with Crippen LogP contribution in [-0.4, -0.2) is 15.6 Å². The molecule has 0 radical (unpaired) electrons. The lowest BCUT2D eigenvalue weighted by atomic mass is 9.93. The van der Waals surface area contributed by atoms with E-state index in [4.69, 9.17) is 5.73 Å². The van der Waals surface area contributed by atoms with Crippen molar-refractivity contribution in [3.63, 3.8) is 0 Å². The van der Waals surface area contributed by atoms with Crippen LogP contribution in [-0.2, 0) is 13.5 Å². The fourth-order valence-electron chi connectivity index (χ4n) is 2.48. The van der Waals surface area contributed by atoms with E-state index in [-0.39, 0.29) is 6.04 Å². The number of nitrogens with two attached hydrogens (primary N) is 1. The Kier molecular flexibility index (Phi) is 4.37. The molecule has 2 N–H and O–H groups in total. The molecule has 1 aliphatic carbocycles. The van der Waals surface area contributed by atoms with Gasteiger partial charge < -0.3 is 10.3 Å². The van der Waals surface area contributed by atoms with Crippen LogP contribution in [0.2, 0.25) is 0 Å². The minimum atomic E-state index is 0.288. The second-order valence-corrected chi connectivity index (χ2v) is 5.07. The van der Waals surface area contributed by atoms with Gasteiger partial charge in [-0.05, 0) is 38.5 Å². The van der Waals surface area contributed by atoms with Crippen LogP contribution in [0.1, 0.15) is 44.3 Å². The zero-order valence-corrected chi connectivity index (χ0v) is 10.7. The van der Waals surface area contributed by atoms with E-state index in [9.17, 15) is 0 Å². The highest BCUT2D eigenvalue weighted by atomic mass is 15.0. The van der Waals surface area contributed by atoms with Gasteiger partial charge in [0.05, 0.1) is 0 Å². The van der Waals surface area contributed by atoms with Crippen molar-refractivity contribution in [1.29, 1.82) is 0 Å². The summed E-state index contributed by atoms with van der Waals surface area (Å²) in [6.45, 7) is 0. The third-order valence-corrected chi connectivity index (χ3v) is 3.57. The van der Waals surface area contributed by atoms with Crippen molar-refractivity contribution in [2.75, 3.05) is 0 Å². The molecule has 0 fully saturated rings. The number of aryl methyl sites for hydroxylation is 2. The predicted octanol–water partition coefficient (Wildman–Crippen LogP) is 2.57. The number of hydrogen-bond donors (Lipinski definition) is 1. The van der Waals surface area contributed by atoms with Gasteiger partial charge in [-0.1, -0.05) is 11.6 Å². The lowest BCUT2D eigenvalue weighted by Crippen LogP contribution is -2.22. The summed E-state index contributed by atoms with van der Waals surface area (Å²) in [6, 6.07) is 0.288. The van der Waals surface area contributed by atoms with Crippen LogP contribution in [0.3, 0.4) is 0 Å². The number of allylic oxidation sites excluding steroid dienone is 1. The quantitative estimate of drug-likeness (QED) is 0.794. The van der Waals surface area contributed by atoms with Gasteiger partial charge in [0.25, 0.3) is 0 Å². The summed E-state index contributed by atoms with van der Waals surface area (Å²) in [7, 11) is 2.04. The normalized spacial score (nSPS) is 17.9. The molecule has 0 aliphatic heterocycles. The van der Waals surface area contributed by atoms with E-state index in [1.54, 1.807) is 5.57 Å². The van der Waals surface area contributed by atoms with E-state index in [0.29, 0.717) is 0 Å². The molecule has 2 rings (SSSR count). The van der Waals surface area contributed by atoms with Crippen LogP contribution in [0.5, 0.6) is 0 Å². The number of hydrogen-bond acceptors (Lipinski definition) is 2. The molecule has 0 saturated heterocycles. The highest BCUT2D eigenvalue weighted by Gasteiger charge is 2.10. The van der Waals surface area contributed by atoms with Crippen molar-refractivity contribution < 1.29 is 0 Å². The van der Waals surface area contributed by atoms with Gasteiger partial charge in [0.2, 0.25) is 0 Å². The first-order valence-electron chi connectivity index (χ1n) is 6.65. The Balaban J connectivity index is 1.75. The van der Waals surface area contributed by atoms with Crippen molar-refractivity contribution in [3.8, 4) is 0 Å². The van der Waals surface area contributed by atoms with Crippen molar-refractivity contribution in [1.82, 2.24) is 9.55 Å². The Morgan fingerprint density at radius 1 is 1.47 bits per heavy atom. The molecule has 1 aromatic heterocycles. The summed E-state index contributed by atoms with van der Waals surface area (Å²) in [5, 5.41) is 0. The largest absolute Gasteiger partial charge is 0.338 e. The molecule has 0 spiro atoms. The van der Waals surface area contributed by atoms with Gasteiger partial charge in [-0.3, -0.25) is 0 Å². The molecule has 1 atom stereocenters. The van der Waals surface area contributed by atoms with Crippen molar-refractivity contribution >= 4 is 0 Å². The first kappa shape index (κ1) is 12.4. The number of aromatic nitrogens is 2. The maximum absolute atomic E-state index is 6.19. The average molecular weight is 233 g/mol. The number of nitrogens with zero attached hydrogens (tertiary/aromatic N) is 2. The molecule has 0 aromatic carbocycles. The zero-order chi connectivity index (χ0) is 12.1. The van der Waals surface area contributed by atoms with Crippen LogP contribution in [0.15, 0.2) is 24.0 Å². The van der Waals surface area contributed by atoms with Crippen molar-refractivity contribution in [3.05, 3.63) is 29.9 Å². The molecule has 1 aromatic rings. The average Bonchev–Trinajstić information content (AvgIpc) is 2.74. The lowest BCUT2D eigenvalue weighted by Gasteiger charge is -2.17. The second-order valence-electron chi connectivity index (χ2n) is 5.07. The molecule has 0 bridgehead atoms. The first-order chi connectivity index (χ1) is 8.25. The van der Waals surface area contributed by atoms with Gasteiger partial charge in [0, 0.05) is 31.9 Å². The summed E-state index contributed by atoms with van der Waals surface area (Å²) in [5.41, 5.74) is 7.77. The number of imidazole rings is 1. The van der Waals surface area contributed by atoms with Gasteiger partial charge in [0.15, 0.2) is 0 Å². The summed E-state index contributed by atoms with van der Waals surface area (Å²) >= 11 is 0. The molecule has 1 heterocycles. The van der Waals surface area contributed by atoms with Crippen LogP contribution in [0.4, 0.5) is 0 Å². The van der Waals surface area contributed by atoms with Crippen molar-refractivity contribution in [2.24, 2.45) is 12.8 Å². The van der Waals surface area contributed by atoms with Gasteiger partial charge in [-0.25, -0.2) is 4.98 Å². The van der Waals surface area contributed by atoms with Crippen LogP contribution < -0.4 is 5.73 Å². The van der Waals surface area contributed by atoms with E-state index < -0.39 is 0 Å². The molecule has 0 amide bonds. The minimum absolute atomic E-state index is 0.288. The topological polar surface area (TPSA) is 43.8 Å². The van der Waals surface area contributed by atoms with Crippen LogP contribution in [0.25, 0.3) is 0 Å². The van der Waals surface area contributed by atoms with E-state index >= 15 is 0 Å². The van der Waals surface area contributed by atoms with Gasteiger partial charge in [-0.2, -0.15) is 0 Å². The maximum Gasteiger partial charge on any atom is 0.108 e. The Bertz CT molecular complexity index is 379. The van der Waals surface area contributed by atoms with E-state index in [0.717, 1.165) is 25.1 Å². The third-order valence-electron chi connectivity index (χ3n) is 3.57. The van der Waals surface area contributed by atoms with Gasteiger partial charge >= 0.3 is 0 Å². The minimum Gasteiger partial charge on any atom is -0.338 e. The summed E-state index contributed by atoms with van der Waals surface area (Å²) < 4.78 is 2.08. The highest BCUT2D eigenvalue weighted by Crippen LogP contribution is 2.21. The molecular formula is C14H23N3. The summed E-state index contributed by atoms with van der Waals surface area (Å²) in [4.78, 5) is 4.33. The Morgan fingerprint density at radius 3 is 3.00 bits per heavy atom. The monoisotopic (exact) mass is 233 g/mol. The number of rotatable bonds is 5. The Hall–Kier alpha value is -1.09. The highest BCUT2D eigenvalue weighted by molar-refractivity contribution is 5.07. The van der Waals surface area contributed by atoms with Gasteiger partial charge in [-0.15, -0.1) is 0 Å². The maximum atomic E-state index is 6.19. The molecule has 17 heavy (non-hydrogen) atoms. The van der Waals surface area contributed by atoms with Crippen molar-refractivity contribution in [2.45, 2.75) is 51.0 Å². The molecule has 1 aliphatic rings.